The first-order valence-electron chi connectivity index (χ1n) is 9.43. The first kappa shape index (κ1) is 15.6. The second-order valence-corrected chi connectivity index (χ2v) is 7.31. The molecule has 0 radical (unpaired) electrons. The van der Waals surface area contributed by atoms with Crippen LogP contribution in [0.1, 0.15) is 35.4 Å². The molecule has 0 saturated carbocycles. The van der Waals surface area contributed by atoms with Gasteiger partial charge in [-0.15, -0.1) is 0 Å². The minimum absolute atomic E-state index is 0.00884. The predicted molar refractivity (Wildman–Crippen MR) is 98.2 cm³/mol. The molecule has 0 unspecified atom stereocenters. The molecule has 136 valence electrons. The molecule has 0 spiro atoms. The fourth-order valence-electron chi connectivity index (χ4n) is 4.29. The fourth-order valence-corrected chi connectivity index (χ4v) is 4.29. The van der Waals surface area contributed by atoms with Gasteiger partial charge in [-0.3, -0.25) is 19.6 Å². The van der Waals surface area contributed by atoms with Gasteiger partial charge < -0.3 is 9.80 Å². The van der Waals surface area contributed by atoms with Gasteiger partial charge in [0.2, 0.25) is 11.9 Å². The van der Waals surface area contributed by atoms with Crippen LogP contribution >= 0.6 is 0 Å². The summed E-state index contributed by atoms with van der Waals surface area (Å²) in [5.41, 5.74) is 3.63. The highest BCUT2D eigenvalue weighted by Gasteiger charge is 2.25. The number of aromatic amines is 2. The summed E-state index contributed by atoms with van der Waals surface area (Å²) in [5, 5.41) is 0. The van der Waals surface area contributed by atoms with E-state index in [0.717, 1.165) is 87.2 Å². The zero-order valence-electron chi connectivity index (χ0n) is 14.7. The molecule has 0 amide bonds. The van der Waals surface area contributed by atoms with Gasteiger partial charge in [0.25, 0.3) is 11.1 Å². The Balaban J connectivity index is 1.34. The van der Waals surface area contributed by atoms with Crippen molar-refractivity contribution in [3.05, 3.63) is 43.2 Å². The number of hydrogen-bond donors (Lipinski definition) is 2. The molecule has 3 aliphatic rings. The monoisotopic (exact) mass is 354 g/mol. The number of rotatable bonds is 2. The third-order valence-electron chi connectivity index (χ3n) is 5.74. The van der Waals surface area contributed by atoms with E-state index < -0.39 is 0 Å². The van der Waals surface area contributed by atoms with Gasteiger partial charge in [-0.2, -0.15) is 0 Å². The van der Waals surface area contributed by atoms with E-state index in [1.165, 1.54) is 0 Å². The van der Waals surface area contributed by atoms with Crippen molar-refractivity contribution < 1.29 is 0 Å². The second-order valence-electron chi connectivity index (χ2n) is 7.31. The number of aromatic nitrogens is 4. The number of nitrogens with one attached hydrogen (secondary N) is 2. The number of aryl methyl sites for hydroxylation is 2. The molecular weight excluding hydrogens is 332 g/mol. The molecule has 3 heterocycles. The van der Waals surface area contributed by atoms with Crippen molar-refractivity contribution in [3.63, 3.8) is 0 Å². The molecular formula is C18H22N6O2. The molecule has 26 heavy (non-hydrogen) atoms. The van der Waals surface area contributed by atoms with Crippen LogP contribution in [-0.2, 0) is 25.7 Å². The first-order chi connectivity index (χ1) is 12.7. The highest BCUT2D eigenvalue weighted by Crippen LogP contribution is 2.21. The third kappa shape index (κ3) is 2.51. The Kier molecular flexibility index (Phi) is 3.58. The third-order valence-corrected chi connectivity index (χ3v) is 5.74. The lowest BCUT2D eigenvalue weighted by atomic mass is 10.2. The van der Waals surface area contributed by atoms with Gasteiger partial charge in [0.1, 0.15) is 0 Å². The molecule has 2 aromatic heterocycles. The van der Waals surface area contributed by atoms with Gasteiger partial charge in [0.15, 0.2) is 0 Å². The van der Waals surface area contributed by atoms with E-state index in [1.807, 2.05) is 0 Å². The van der Waals surface area contributed by atoms with Crippen molar-refractivity contribution in [2.75, 3.05) is 36.0 Å². The molecule has 2 aliphatic carbocycles. The first-order valence-corrected chi connectivity index (χ1v) is 9.43. The molecule has 5 rings (SSSR count). The van der Waals surface area contributed by atoms with Crippen molar-refractivity contribution >= 4 is 11.9 Å². The summed E-state index contributed by atoms with van der Waals surface area (Å²) in [6, 6.07) is 0. The average Bonchev–Trinajstić information content (AvgIpc) is 3.31. The van der Waals surface area contributed by atoms with Gasteiger partial charge in [-0.1, -0.05) is 0 Å². The lowest BCUT2D eigenvalue weighted by Crippen LogP contribution is -2.48. The van der Waals surface area contributed by atoms with Crippen molar-refractivity contribution in [1.29, 1.82) is 0 Å². The SMILES string of the molecule is O=c1[nH]c(N2CCN(c3nc4c(c(=O)[nH]3)CCC4)CC2)nc2c1CCC2. The Bertz CT molecular complexity index is 891. The van der Waals surface area contributed by atoms with Crippen molar-refractivity contribution in [2.24, 2.45) is 0 Å². The van der Waals surface area contributed by atoms with Crippen molar-refractivity contribution in [3.8, 4) is 0 Å². The largest absolute Gasteiger partial charge is 0.339 e. The fraction of sp³-hybridized carbons (Fsp3) is 0.556. The zero-order valence-corrected chi connectivity index (χ0v) is 14.7. The Morgan fingerprint density at radius 1 is 0.654 bits per heavy atom. The van der Waals surface area contributed by atoms with Gasteiger partial charge >= 0.3 is 0 Å². The number of anilines is 2. The second kappa shape index (κ2) is 5.96. The molecule has 1 saturated heterocycles. The summed E-state index contributed by atoms with van der Waals surface area (Å²) in [6.07, 6.45) is 5.49. The number of hydrogen-bond acceptors (Lipinski definition) is 6. The Labute approximate surface area is 150 Å². The van der Waals surface area contributed by atoms with Crippen LogP contribution in [0.25, 0.3) is 0 Å². The maximum Gasteiger partial charge on any atom is 0.255 e. The minimum atomic E-state index is 0.00884. The predicted octanol–water partition coefficient (Wildman–Crippen LogP) is 0.157. The highest BCUT2D eigenvalue weighted by molar-refractivity contribution is 5.41. The quantitative estimate of drug-likeness (QED) is 0.797. The van der Waals surface area contributed by atoms with Crippen LogP contribution < -0.4 is 20.9 Å². The van der Waals surface area contributed by atoms with Crippen LogP contribution in [0.15, 0.2) is 9.59 Å². The Hall–Kier alpha value is -2.64. The molecule has 0 atom stereocenters. The van der Waals surface area contributed by atoms with Crippen LogP contribution in [0.5, 0.6) is 0 Å². The summed E-state index contributed by atoms with van der Waals surface area (Å²) in [6.45, 7) is 2.95. The van der Waals surface area contributed by atoms with Crippen LogP contribution in [-0.4, -0.2) is 46.1 Å². The molecule has 0 bridgehead atoms. The summed E-state index contributed by atoms with van der Waals surface area (Å²) in [7, 11) is 0. The lowest BCUT2D eigenvalue weighted by Gasteiger charge is -2.35. The molecule has 1 fully saturated rings. The Morgan fingerprint density at radius 3 is 1.50 bits per heavy atom. The number of nitrogens with zero attached hydrogens (tertiary/aromatic N) is 4. The summed E-state index contributed by atoms with van der Waals surface area (Å²) >= 11 is 0. The highest BCUT2D eigenvalue weighted by atomic mass is 16.1. The smallest absolute Gasteiger partial charge is 0.255 e. The van der Waals surface area contributed by atoms with E-state index in [9.17, 15) is 9.59 Å². The van der Waals surface area contributed by atoms with E-state index in [1.54, 1.807) is 0 Å². The van der Waals surface area contributed by atoms with Gasteiger partial charge in [0.05, 0.1) is 11.4 Å². The summed E-state index contributed by atoms with van der Waals surface area (Å²) in [5.74, 6) is 1.34. The molecule has 2 aromatic rings. The number of piperazine rings is 1. The maximum atomic E-state index is 12.2. The Morgan fingerprint density at radius 2 is 1.08 bits per heavy atom. The van der Waals surface area contributed by atoms with Crippen molar-refractivity contribution in [1.82, 2.24) is 19.9 Å². The minimum Gasteiger partial charge on any atom is -0.339 e. The van der Waals surface area contributed by atoms with E-state index in [2.05, 4.69) is 29.7 Å². The van der Waals surface area contributed by atoms with Crippen molar-refractivity contribution in [2.45, 2.75) is 38.5 Å². The van der Waals surface area contributed by atoms with Crippen LogP contribution in [0.3, 0.4) is 0 Å². The van der Waals surface area contributed by atoms with E-state index in [0.29, 0.717) is 11.9 Å². The molecule has 8 nitrogen and oxygen atoms in total. The van der Waals surface area contributed by atoms with E-state index >= 15 is 0 Å². The standard InChI is InChI=1S/C18H22N6O2/c25-15-11-3-1-5-13(11)19-17(21-15)23-7-9-24(10-8-23)18-20-14-6-2-4-12(14)16(26)22-18/h1-10H2,(H,19,21,25)(H,20,22,26). The number of H-pyrrole nitrogens is 2. The normalized spacial score (nSPS) is 18.9. The molecule has 8 heteroatoms. The van der Waals surface area contributed by atoms with E-state index in [-0.39, 0.29) is 11.1 Å². The summed E-state index contributed by atoms with van der Waals surface area (Å²) in [4.78, 5) is 43.9. The van der Waals surface area contributed by atoms with Crippen LogP contribution in [0.2, 0.25) is 0 Å². The van der Waals surface area contributed by atoms with Gasteiger partial charge in [-0.05, 0) is 38.5 Å². The molecule has 2 N–H and O–H groups in total. The van der Waals surface area contributed by atoms with Gasteiger partial charge in [-0.25, -0.2) is 9.97 Å². The van der Waals surface area contributed by atoms with Crippen LogP contribution in [0, 0.1) is 0 Å². The lowest BCUT2D eigenvalue weighted by molar-refractivity contribution is 0.623. The molecule has 0 aromatic carbocycles. The molecule has 1 aliphatic heterocycles. The van der Waals surface area contributed by atoms with Crippen LogP contribution in [0.4, 0.5) is 11.9 Å². The van der Waals surface area contributed by atoms with Gasteiger partial charge in [0, 0.05) is 37.3 Å². The summed E-state index contributed by atoms with van der Waals surface area (Å²) < 4.78 is 0. The topological polar surface area (TPSA) is 98.0 Å². The zero-order chi connectivity index (χ0) is 17.7. The number of fused-ring (bicyclic) bond motifs is 2. The van der Waals surface area contributed by atoms with E-state index in [4.69, 9.17) is 0 Å². The maximum absolute atomic E-state index is 12.2. The average molecular weight is 354 g/mol.